The summed E-state index contributed by atoms with van der Waals surface area (Å²) in [5, 5.41) is 23.4. The first-order valence-corrected chi connectivity index (χ1v) is 4.74. The van der Waals surface area contributed by atoms with Crippen LogP contribution in [0.3, 0.4) is 0 Å². The standard InChI is InChI=1S/C9H13N3O4/c13-6-7(9(15)16)11-8(14)2-5-12-4-1-3-10-12/h1,3-4,7,13H,2,5-6H2,(H,11,14)(H,15,16)/t7-/m0/s1. The number of aliphatic hydroxyl groups excluding tert-OH is 1. The van der Waals surface area contributed by atoms with Gasteiger partial charge in [-0.1, -0.05) is 0 Å². The number of carboxylic acids is 1. The van der Waals surface area contributed by atoms with Crippen LogP contribution in [0.5, 0.6) is 0 Å². The number of nitrogens with one attached hydrogen (secondary N) is 1. The van der Waals surface area contributed by atoms with E-state index >= 15 is 0 Å². The van der Waals surface area contributed by atoms with Crippen molar-refractivity contribution in [2.24, 2.45) is 0 Å². The molecule has 0 aliphatic heterocycles. The van der Waals surface area contributed by atoms with Crippen LogP contribution in [0, 0.1) is 0 Å². The lowest BCUT2D eigenvalue weighted by atomic mass is 10.3. The van der Waals surface area contributed by atoms with Crippen LogP contribution in [0.4, 0.5) is 0 Å². The molecule has 7 heteroatoms. The van der Waals surface area contributed by atoms with Crippen LogP contribution in [0.15, 0.2) is 18.5 Å². The predicted octanol–water partition coefficient (Wildman–Crippen LogP) is -1.17. The highest BCUT2D eigenvalue weighted by molar-refractivity contribution is 5.83. The number of carbonyl (C=O) groups is 2. The second-order valence-corrected chi connectivity index (χ2v) is 3.16. The van der Waals surface area contributed by atoms with E-state index in [1.165, 1.54) is 0 Å². The van der Waals surface area contributed by atoms with Crippen molar-refractivity contribution >= 4 is 11.9 Å². The molecule has 0 fully saturated rings. The molecule has 1 heterocycles. The summed E-state index contributed by atoms with van der Waals surface area (Å²) in [6, 6.07) is 0.483. The van der Waals surface area contributed by atoms with E-state index in [1.807, 2.05) is 0 Å². The van der Waals surface area contributed by atoms with Crippen LogP contribution in [0.1, 0.15) is 6.42 Å². The number of hydrogen-bond acceptors (Lipinski definition) is 4. The van der Waals surface area contributed by atoms with Crippen molar-refractivity contribution in [3.8, 4) is 0 Å². The lowest BCUT2D eigenvalue weighted by Gasteiger charge is -2.11. The zero-order valence-corrected chi connectivity index (χ0v) is 8.54. The molecule has 0 spiro atoms. The van der Waals surface area contributed by atoms with Crippen molar-refractivity contribution in [2.75, 3.05) is 6.61 Å². The first-order chi connectivity index (χ1) is 7.63. The summed E-state index contributed by atoms with van der Waals surface area (Å²) in [4.78, 5) is 21.8. The van der Waals surface area contributed by atoms with Crippen molar-refractivity contribution in [1.82, 2.24) is 15.1 Å². The first kappa shape index (κ1) is 12.2. The Hall–Kier alpha value is -1.89. The van der Waals surface area contributed by atoms with E-state index in [2.05, 4.69) is 10.4 Å². The number of aliphatic hydroxyl groups is 1. The average molecular weight is 227 g/mol. The van der Waals surface area contributed by atoms with Gasteiger partial charge in [0, 0.05) is 25.4 Å². The summed E-state index contributed by atoms with van der Waals surface area (Å²) in [5.41, 5.74) is 0. The Kier molecular flexibility index (Phi) is 4.46. The first-order valence-electron chi connectivity index (χ1n) is 4.74. The van der Waals surface area contributed by atoms with Crippen molar-refractivity contribution in [1.29, 1.82) is 0 Å². The predicted molar refractivity (Wildman–Crippen MR) is 53.5 cm³/mol. The molecule has 0 bridgehead atoms. The number of rotatable bonds is 6. The summed E-state index contributed by atoms with van der Waals surface area (Å²) >= 11 is 0. The van der Waals surface area contributed by atoms with Gasteiger partial charge in [-0.25, -0.2) is 4.79 Å². The Morgan fingerprint density at radius 3 is 2.75 bits per heavy atom. The van der Waals surface area contributed by atoms with E-state index in [0.717, 1.165) is 0 Å². The largest absolute Gasteiger partial charge is 0.480 e. The maximum absolute atomic E-state index is 11.3. The van der Waals surface area contributed by atoms with Gasteiger partial charge in [0.05, 0.1) is 6.61 Å². The van der Waals surface area contributed by atoms with E-state index in [-0.39, 0.29) is 6.42 Å². The van der Waals surface area contributed by atoms with E-state index in [1.54, 1.807) is 23.1 Å². The van der Waals surface area contributed by atoms with Crippen molar-refractivity contribution in [3.63, 3.8) is 0 Å². The highest BCUT2D eigenvalue weighted by Gasteiger charge is 2.18. The Labute approximate surface area is 91.7 Å². The van der Waals surface area contributed by atoms with Crippen LogP contribution in [-0.4, -0.2) is 44.5 Å². The van der Waals surface area contributed by atoms with Gasteiger partial charge in [0.1, 0.15) is 6.04 Å². The lowest BCUT2D eigenvalue weighted by Crippen LogP contribution is -2.43. The number of amides is 1. The Bertz CT molecular complexity index is 350. The number of hydrogen-bond donors (Lipinski definition) is 3. The number of aromatic nitrogens is 2. The zero-order chi connectivity index (χ0) is 12.0. The topological polar surface area (TPSA) is 104 Å². The molecule has 0 saturated carbocycles. The number of aryl methyl sites for hydroxylation is 1. The van der Waals surface area contributed by atoms with Gasteiger partial charge in [-0.05, 0) is 6.07 Å². The van der Waals surface area contributed by atoms with Gasteiger partial charge in [-0.2, -0.15) is 5.10 Å². The van der Waals surface area contributed by atoms with Gasteiger partial charge in [0.15, 0.2) is 0 Å². The van der Waals surface area contributed by atoms with E-state index in [4.69, 9.17) is 10.2 Å². The van der Waals surface area contributed by atoms with Gasteiger partial charge in [0.2, 0.25) is 5.91 Å². The molecular formula is C9H13N3O4. The Morgan fingerprint density at radius 1 is 1.50 bits per heavy atom. The summed E-state index contributed by atoms with van der Waals surface area (Å²) in [7, 11) is 0. The second kappa shape index (κ2) is 5.86. The minimum absolute atomic E-state index is 0.117. The van der Waals surface area contributed by atoms with Crippen molar-refractivity contribution in [2.45, 2.75) is 19.0 Å². The molecule has 1 aromatic heterocycles. The molecule has 1 rings (SSSR count). The number of aliphatic carboxylic acids is 1. The second-order valence-electron chi connectivity index (χ2n) is 3.16. The lowest BCUT2D eigenvalue weighted by molar-refractivity contribution is -0.143. The molecule has 0 radical (unpaired) electrons. The molecule has 1 amide bonds. The fourth-order valence-corrected chi connectivity index (χ4v) is 1.10. The van der Waals surface area contributed by atoms with Crippen molar-refractivity contribution in [3.05, 3.63) is 18.5 Å². The third-order valence-corrected chi connectivity index (χ3v) is 1.94. The maximum Gasteiger partial charge on any atom is 0.328 e. The van der Waals surface area contributed by atoms with Gasteiger partial charge >= 0.3 is 5.97 Å². The minimum atomic E-state index is -1.25. The fraction of sp³-hybridized carbons (Fsp3) is 0.444. The SMILES string of the molecule is O=C(CCn1cccn1)N[C@@H](CO)C(=O)O. The maximum atomic E-state index is 11.3. The monoisotopic (exact) mass is 227 g/mol. The molecule has 0 aliphatic rings. The van der Waals surface area contributed by atoms with Gasteiger partial charge in [-0.15, -0.1) is 0 Å². The van der Waals surface area contributed by atoms with Crippen LogP contribution < -0.4 is 5.32 Å². The van der Waals surface area contributed by atoms with Crippen LogP contribution in [0.2, 0.25) is 0 Å². The van der Waals surface area contributed by atoms with E-state index in [9.17, 15) is 9.59 Å². The quantitative estimate of drug-likeness (QED) is 0.568. The molecular weight excluding hydrogens is 214 g/mol. The minimum Gasteiger partial charge on any atom is -0.480 e. The molecule has 0 aliphatic carbocycles. The fourth-order valence-electron chi connectivity index (χ4n) is 1.10. The summed E-state index contributed by atoms with van der Waals surface area (Å²) < 4.78 is 1.56. The van der Waals surface area contributed by atoms with Gasteiger partial charge in [0.25, 0.3) is 0 Å². The number of carboxylic acid groups (broad SMARTS) is 1. The molecule has 7 nitrogen and oxygen atoms in total. The molecule has 3 N–H and O–H groups in total. The summed E-state index contributed by atoms with van der Waals surface area (Å²) in [5.74, 6) is -1.69. The highest BCUT2D eigenvalue weighted by Crippen LogP contribution is 1.91. The van der Waals surface area contributed by atoms with Gasteiger partial charge in [-0.3, -0.25) is 9.48 Å². The molecule has 1 aromatic rings. The van der Waals surface area contributed by atoms with Crippen LogP contribution in [-0.2, 0) is 16.1 Å². The Balaban J connectivity index is 2.33. The molecule has 0 saturated heterocycles. The molecule has 16 heavy (non-hydrogen) atoms. The molecule has 88 valence electrons. The van der Waals surface area contributed by atoms with Gasteiger partial charge < -0.3 is 15.5 Å². The van der Waals surface area contributed by atoms with E-state index in [0.29, 0.717) is 6.54 Å². The van der Waals surface area contributed by atoms with E-state index < -0.39 is 24.5 Å². The van der Waals surface area contributed by atoms with Crippen LogP contribution >= 0.6 is 0 Å². The average Bonchev–Trinajstić information content (AvgIpc) is 2.75. The zero-order valence-electron chi connectivity index (χ0n) is 8.54. The summed E-state index contributed by atoms with van der Waals surface area (Å²) in [6.45, 7) is -0.251. The highest BCUT2D eigenvalue weighted by atomic mass is 16.4. The third-order valence-electron chi connectivity index (χ3n) is 1.94. The third kappa shape index (κ3) is 3.70. The molecule has 0 aromatic carbocycles. The number of nitrogens with zero attached hydrogens (tertiary/aromatic N) is 2. The van der Waals surface area contributed by atoms with Crippen LogP contribution in [0.25, 0.3) is 0 Å². The normalized spacial score (nSPS) is 12.1. The van der Waals surface area contributed by atoms with Crippen molar-refractivity contribution < 1.29 is 19.8 Å². The summed E-state index contributed by atoms with van der Waals surface area (Å²) in [6.07, 6.45) is 3.41. The number of carbonyl (C=O) groups excluding carboxylic acids is 1. The molecule has 0 unspecified atom stereocenters. The smallest absolute Gasteiger partial charge is 0.328 e. The Morgan fingerprint density at radius 2 is 2.25 bits per heavy atom. The molecule has 1 atom stereocenters.